The van der Waals surface area contributed by atoms with Gasteiger partial charge in [-0.15, -0.1) is 0 Å². The van der Waals surface area contributed by atoms with Gasteiger partial charge in [0, 0.05) is 21.7 Å². The molecular formula is C6H16Ti-6. The van der Waals surface area contributed by atoms with Crippen LogP contribution >= 0.6 is 0 Å². The molecule has 0 N–H and O–H groups in total. The Balaban J connectivity index is -0.00000000595. The van der Waals surface area contributed by atoms with Gasteiger partial charge in [-0.25, -0.2) is 0 Å². The fourth-order valence-electron chi connectivity index (χ4n) is 0. The van der Waals surface area contributed by atoms with Crippen molar-refractivity contribution in [1.29, 1.82) is 0 Å². The van der Waals surface area contributed by atoms with Crippen LogP contribution in [0.5, 0.6) is 0 Å². The van der Waals surface area contributed by atoms with E-state index in [2.05, 4.69) is 13.2 Å². The van der Waals surface area contributed by atoms with E-state index in [-0.39, 0.29) is 30.3 Å². The number of hydrogen-bond acceptors (Lipinski definition) is 0. The van der Waals surface area contributed by atoms with Crippen LogP contribution in [0.1, 0.15) is 22.4 Å². The van der Waals surface area contributed by atoms with Crippen molar-refractivity contribution < 1.29 is 30.3 Å². The van der Waals surface area contributed by atoms with Gasteiger partial charge in [0.1, 0.15) is 0 Å². The summed E-state index contributed by atoms with van der Waals surface area (Å²) in [5, 5.41) is 0. The Labute approximate surface area is 69.1 Å². The molecule has 0 aliphatic carbocycles. The van der Waals surface area contributed by atoms with Crippen LogP contribution in [0.3, 0.4) is 0 Å². The van der Waals surface area contributed by atoms with E-state index in [0.717, 1.165) is 11.1 Å². The molecular weight excluding hydrogens is 120 g/mol. The minimum absolute atomic E-state index is 0. The van der Waals surface area contributed by atoms with E-state index in [1.165, 1.54) is 0 Å². The van der Waals surface area contributed by atoms with Crippen LogP contribution in [0.15, 0.2) is 24.3 Å². The topological polar surface area (TPSA) is 0 Å². The smallest absolute Gasteiger partial charge is 0 e. The molecule has 0 spiro atoms. The van der Waals surface area contributed by atoms with Crippen LogP contribution in [0, 0.1) is 0 Å². The summed E-state index contributed by atoms with van der Waals surface area (Å²) in [6.45, 7) is 11.2. The van der Waals surface area contributed by atoms with Crippen LogP contribution in [0.4, 0.5) is 0 Å². The van der Waals surface area contributed by atoms with Crippen molar-refractivity contribution in [2.75, 3.05) is 0 Å². The quantitative estimate of drug-likeness (QED) is 0.384. The molecule has 0 saturated carbocycles. The largest absolute Gasteiger partial charge is 1.00 e. The summed E-state index contributed by atoms with van der Waals surface area (Å²) in [5.41, 5.74) is 2.13. The first kappa shape index (κ1) is 10.2. The predicted octanol–water partition coefficient (Wildman–Crippen LogP) is 2.81. The van der Waals surface area contributed by atoms with E-state index >= 15 is 0 Å². The number of rotatable bonds is 1. The van der Waals surface area contributed by atoms with E-state index in [0.29, 0.717) is 0 Å². The maximum absolute atomic E-state index is 3.66. The zero-order chi connectivity index (χ0) is 5.15. The summed E-state index contributed by atoms with van der Waals surface area (Å²) >= 11 is 0. The van der Waals surface area contributed by atoms with Crippen molar-refractivity contribution in [3.05, 3.63) is 24.3 Å². The number of hydrogen-bond donors (Lipinski definition) is 0. The minimum Gasteiger partial charge on any atom is -1.00 e. The van der Waals surface area contributed by atoms with Crippen molar-refractivity contribution in [1.82, 2.24) is 0 Å². The van der Waals surface area contributed by atoms with Gasteiger partial charge in [0.05, 0.1) is 0 Å². The molecule has 0 atom stereocenters. The Hall–Kier alpha value is 0.194. The van der Waals surface area contributed by atoms with E-state index in [4.69, 9.17) is 0 Å². The van der Waals surface area contributed by atoms with Crippen molar-refractivity contribution in [3.8, 4) is 0 Å². The maximum atomic E-state index is 3.66. The van der Waals surface area contributed by atoms with Crippen molar-refractivity contribution in [2.24, 2.45) is 0 Å². The molecule has 0 aliphatic heterocycles. The Morgan fingerprint density at radius 2 is 1.29 bits per heavy atom. The molecule has 0 fully saturated rings. The average molecular weight is 136 g/mol. The second kappa shape index (κ2) is 4.36. The van der Waals surface area contributed by atoms with Crippen molar-refractivity contribution in [3.63, 3.8) is 0 Å². The summed E-state index contributed by atoms with van der Waals surface area (Å²) in [7, 11) is 0. The summed E-state index contributed by atoms with van der Waals surface area (Å²) < 4.78 is 0. The van der Waals surface area contributed by atoms with E-state index in [1.807, 2.05) is 13.8 Å². The standard InChI is InChI=1S/C6H10.Ti.6H/c1-5(2)6(3)4;;;;;;;/h1,3H2,2,4H3;;;;;;;/q;;6*-1. The normalized spacial score (nSPS) is 6.57. The van der Waals surface area contributed by atoms with Crippen LogP contribution in [-0.4, -0.2) is 0 Å². The zero-order valence-corrected chi connectivity index (χ0v) is 6.48. The SMILES string of the molecule is C=C(C)C(=C)C.[H-].[H-].[H-].[H-].[H-].[H-].[Ti]. The third-order valence-corrected chi connectivity index (χ3v) is 0.729. The summed E-state index contributed by atoms with van der Waals surface area (Å²) in [6, 6.07) is 0. The predicted molar refractivity (Wildman–Crippen MR) is 36.3 cm³/mol. The minimum atomic E-state index is 0. The molecule has 0 radical (unpaired) electrons. The second-order valence-corrected chi connectivity index (χ2v) is 1.56. The first-order valence-corrected chi connectivity index (χ1v) is 1.96. The molecule has 7 heavy (non-hydrogen) atoms. The Bertz CT molecular complexity index is 83.1. The van der Waals surface area contributed by atoms with E-state index in [9.17, 15) is 0 Å². The van der Waals surface area contributed by atoms with Gasteiger partial charge in [-0.3, -0.25) is 0 Å². The molecule has 0 aromatic heterocycles. The fraction of sp³-hybridized carbons (Fsp3) is 0.333. The van der Waals surface area contributed by atoms with Crippen LogP contribution < -0.4 is 0 Å². The molecule has 0 rings (SSSR count). The van der Waals surface area contributed by atoms with Crippen LogP contribution in [0.2, 0.25) is 0 Å². The molecule has 0 aliphatic rings. The molecule has 0 aromatic carbocycles. The van der Waals surface area contributed by atoms with Gasteiger partial charge in [0.15, 0.2) is 0 Å². The molecule has 0 amide bonds. The van der Waals surface area contributed by atoms with Gasteiger partial charge in [-0.2, -0.15) is 0 Å². The molecule has 0 nitrogen and oxygen atoms in total. The second-order valence-electron chi connectivity index (χ2n) is 1.56. The Kier molecular flexibility index (Phi) is 6.37. The Morgan fingerprint density at radius 3 is 1.29 bits per heavy atom. The average Bonchev–Trinajstić information content (AvgIpc) is 1.36. The molecule has 0 aromatic rings. The van der Waals surface area contributed by atoms with E-state index < -0.39 is 0 Å². The maximum Gasteiger partial charge on any atom is 0 e. The molecule has 0 bridgehead atoms. The molecule has 1 heteroatoms. The molecule has 0 saturated heterocycles. The van der Waals surface area contributed by atoms with Crippen molar-refractivity contribution in [2.45, 2.75) is 13.8 Å². The van der Waals surface area contributed by atoms with Gasteiger partial charge in [0.2, 0.25) is 0 Å². The van der Waals surface area contributed by atoms with Crippen molar-refractivity contribution >= 4 is 0 Å². The fourth-order valence-corrected chi connectivity index (χ4v) is 0. The first-order chi connectivity index (χ1) is 2.64. The summed E-state index contributed by atoms with van der Waals surface area (Å²) in [5.74, 6) is 0. The molecule has 50 valence electrons. The van der Waals surface area contributed by atoms with Gasteiger partial charge < -0.3 is 8.56 Å². The Morgan fingerprint density at radius 1 is 1.14 bits per heavy atom. The van der Waals surface area contributed by atoms with E-state index in [1.54, 1.807) is 0 Å². The van der Waals surface area contributed by atoms with Crippen LogP contribution in [0.25, 0.3) is 0 Å². The van der Waals surface area contributed by atoms with Gasteiger partial charge in [-0.05, 0) is 13.8 Å². The summed E-state index contributed by atoms with van der Waals surface area (Å²) in [6.07, 6.45) is 0. The van der Waals surface area contributed by atoms with Gasteiger partial charge >= 0.3 is 0 Å². The summed E-state index contributed by atoms with van der Waals surface area (Å²) in [4.78, 5) is 0. The van der Waals surface area contributed by atoms with Gasteiger partial charge in [0.25, 0.3) is 0 Å². The molecule has 0 unspecified atom stereocenters. The third-order valence-electron chi connectivity index (χ3n) is 0.729. The van der Waals surface area contributed by atoms with Gasteiger partial charge in [-0.1, -0.05) is 24.3 Å². The number of allylic oxidation sites excluding steroid dienone is 2. The molecule has 0 heterocycles. The third kappa shape index (κ3) is 6.19. The van der Waals surface area contributed by atoms with Crippen LogP contribution in [-0.2, 0) is 21.7 Å². The first-order valence-electron chi connectivity index (χ1n) is 1.96. The monoisotopic (exact) mass is 136 g/mol. The zero-order valence-electron chi connectivity index (χ0n) is 10.9.